The van der Waals surface area contributed by atoms with Crippen molar-refractivity contribution in [1.82, 2.24) is 30.7 Å². The Labute approximate surface area is 203 Å². The van der Waals surface area contributed by atoms with E-state index >= 15 is 0 Å². The quantitative estimate of drug-likeness (QED) is 0.407. The molecule has 176 valence electrons. The highest BCUT2D eigenvalue weighted by Gasteiger charge is 2.27. The molecule has 1 fully saturated rings. The molecule has 3 aromatic rings. The zero-order chi connectivity index (χ0) is 24.1. The van der Waals surface area contributed by atoms with Gasteiger partial charge in [-0.3, -0.25) is 19.5 Å². The SMILES string of the molecule is O=C(CSc1nnc(CC2CC(=O)NC(=O)N2)n1-c1ccc(Cl)cc1)NCc1ccc(F)cc1. The number of amides is 4. The number of hydrogen-bond acceptors (Lipinski definition) is 6. The number of thioether (sulfide) groups is 1. The van der Waals surface area contributed by atoms with Gasteiger partial charge in [-0.15, -0.1) is 10.2 Å². The van der Waals surface area contributed by atoms with Crippen molar-refractivity contribution in [2.75, 3.05) is 5.75 Å². The van der Waals surface area contributed by atoms with E-state index in [4.69, 9.17) is 11.6 Å². The van der Waals surface area contributed by atoms with Crippen molar-refractivity contribution in [3.8, 4) is 5.69 Å². The average Bonchev–Trinajstić information content (AvgIpc) is 3.19. The minimum atomic E-state index is -0.550. The number of benzene rings is 2. The lowest BCUT2D eigenvalue weighted by atomic mass is 10.1. The minimum Gasteiger partial charge on any atom is -0.351 e. The summed E-state index contributed by atoms with van der Waals surface area (Å²) in [6, 6.07) is 11.9. The van der Waals surface area contributed by atoms with Crippen LogP contribution in [0.15, 0.2) is 53.7 Å². The fraction of sp³-hybridized carbons (Fsp3) is 0.227. The Kier molecular flexibility index (Phi) is 7.43. The van der Waals surface area contributed by atoms with Gasteiger partial charge >= 0.3 is 6.03 Å². The van der Waals surface area contributed by atoms with E-state index in [0.29, 0.717) is 16.0 Å². The molecule has 0 bridgehead atoms. The molecule has 1 atom stereocenters. The van der Waals surface area contributed by atoms with Gasteiger partial charge in [0.2, 0.25) is 11.8 Å². The van der Waals surface area contributed by atoms with Crippen LogP contribution in [0, 0.1) is 5.82 Å². The lowest BCUT2D eigenvalue weighted by Crippen LogP contribution is -2.53. The topological polar surface area (TPSA) is 118 Å². The number of nitrogens with one attached hydrogen (secondary N) is 3. The normalized spacial score (nSPS) is 15.5. The van der Waals surface area contributed by atoms with Crippen molar-refractivity contribution in [2.24, 2.45) is 0 Å². The number of carbonyl (C=O) groups is 3. The first-order chi connectivity index (χ1) is 16.4. The summed E-state index contributed by atoms with van der Waals surface area (Å²) in [5, 5.41) is 17.2. The molecule has 9 nitrogen and oxygen atoms in total. The van der Waals surface area contributed by atoms with Crippen molar-refractivity contribution in [1.29, 1.82) is 0 Å². The van der Waals surface area contributed by atoms with E-state index in [1.165, 1.54) is 23.9 Å². The Morgan fingerprint density at radius 3 is 2.59 bits per heavy atom. The van der Waals surface area contributed by atoms with E-state index in [2.05, 4.69) is 26.1 Å². The summed E-state index contributed by atoms with van der Waals surface area (Å²) in [5.41, 5.74) is 1.51. The second kappa shape index (κ2) is 10.7. The summed E-state index contributed by atoms with van der Waals surface area (Å²) in [7, 11) is 0. The summed E-state index contributed by atoms with van der Waals surface area (Å²) in [6.07, 6.45) is 0.388. The van der Waals surface area contributed by atoms with E-state index < -0.39 is 12.1 Å². The molecule has 1 unspecified atom stereocenters. The summed E-state index contributed by atoms with van der Waals surface area (Å²) in [4.78, 5) is 35.8. The highest BCUT2D eigenvalue weighted by molar-refractivity contribution is 7.99. The molecule has 1 aliphatic heterocycles. The number of rotatable bonds is 8. The Morgan fingerprint density at radius 2 is 1.88 bits per heavy atom. The van der Waals surface area contributed by atoms with E-state index in [9.17, 15) is 18.8 Å². The van der Waals surface area contributed by atoms with E-state index in [1.807, 2.05) is 0 Å². The summed E-state index contributed by atoms with van der Waals surface area (Å²) < 4.78 is 14.8. The predicted molar refractivity (Wildman–Crippen MR) is 124 cm³/mol. The van der Waals surface area contributed by atoms with Crippen molar-refractivity contribution in [3.63, 3.8) is 0 Å². The van der Waals surface area contributed by atoms with Gasteiger partial charge in [0.1, 0.15) is 11.6 Å². The van der Waals surface area contributed by atoms with Crippen molar-refractivity contribution in [2.45, 2.75) is 30.6 Å². The number of carbonyl (C=O) groups excluding carboxylic acids is 3. The number of halogens is 2. The fourth-order valence-corrected chi connectivity index (χ4v) is 4.30. The summed E-state index contributed by atoms with van der Waals surface area (Å²) >= 11 is 7.22. The first-order valence-electron chi connectivity index (χ1n) is 10.3. The molecule has 1 aromatic heterocycles. The number of urea groups is 1. The largest absolute Gasteiger partial charge is 0.351 e. The second-order valence-electron chi connectivity index (χ2n) is 7.53. The highest BCUT2D eigenvalue weighted by Crippen LogP contribution is 2.24. The second-order valence-corrected chi connectivity index (χ2v) is 8.91. The Morgan fingerprint density at radius 1 is 1.15 bits per heavy atom. The lowest BCUT2D eigenvalue weighted by molar-refractivity contribution is -0.121. The number of aromatic nitrogens is 3. The highest BCUT2D eigenvalue weighted by atomic mass is 35.5. The monoisotopic (exact) mass is 502 g/mol. The van der Waals surface area contributed by atoms with Crippen molar-refractivity contribution >= 4 is 41.2 Å². The number of imide groups is 1. The molecule has 34 heavy (non-hydrogen) atoms. The van der Waals surface area contributed by atoms with Crippen LogP contribution in [0.5, 0.6) is 0 Å². The summed E-state index contributed by atoms with van der Waals surface area (Å²) in [6.45, 7) is 0.276. The third kappa shape index (κ3) is 6.12. The molecule has 4 rings (SSSR count). The lowest BCUT2D eigenvalue weighted by Gasteiger charge is -2.23. The fourth-order valence-electron chi connectivity index (χ4n) is 3.38. The molecule has 12 heteroatoms. The first kappa shape index (κ1) is 23.7. The third-order valence-corrected chi connectivity index (χ3v) is 6.15. The Hall–Kier alpha value is -3.44. The molecule has 0 radical (unpaired) electrons. The maximum absolute atomic E-state index is 13.0. The molecule has 1 saturated heterocycles. The van der Waals surface area contributed by atoms with Gasteiger partial charge in [-0.05, 0) is 42.0 Å². The molecule has 0 aliphatic carbocycles. The number of nitrogens with zero attached hydrogens (tertiary/aromatic N) is 3. The molecule has 3 N–H and O–H groups in total. The minimum absolute atomic E-state index is 0.0789. The maximum atomic E-state index is 13.0. The van der Waals surface area contributed by atoms with Crippen LogP contribution in [0.1, 0.15) is 17.8 Å². The van der Waals surface area contributed by atoms with Gasteiger partial charge in [0.05, 0.1) is 5.75 Å². The number of hydrogen-bond donors (Lipinski definition) is 3. The van der Waals surface area contributed by atoms with Crippen molar-refractivity contribution < 1.29 is 18.8 Å². The molecular weight excluding hydrogens is 483 g/mol. The van der Waals surface area contributed by atoms with Crippen LogP contribution in [0.2, 0.25) is 5.02 Å². The van der Waals surface area contributed by atoms with Gasteiger partial charge in [0.15, 0.2) is 5.16 Å². The predicted octanol–water partition coefficient (Wildman–Crippen LogP) is 2.61. The standard InChI is InChI=1S/C22H20ClFN6O3S/c23-14-3-7-17(8-4-14)30-18(9-16-10-19(31)27-21(33)26-16)28-29-22(30)34-12-20(32)25-11-13-1-5-15(24)6-2-13/h1-8,16H,9-12H2,(H,25,32)(H2,26,27,31,33). The van der Waals surface area contributed by atoms with Gasteiger partial charge in [-0.1, -0.05) is 35.5 Å². The van der Waals surface area contributed by atoms with Crippen LogP contribution in [0.25, 0.3) is 5.69 Å². The van der Waals surface area contributed by atoms with Gasteiger partial charge in [0.25, 0.3) is 0 Å². The van der Waals surface area contributed by atoms with Gasteiger partial charge in [-0.25, -0.2) is 9.18 Å². The van der Waals surface area contributed by atoms with Crippen LogP contribution in [-0.2, 0) is 22.6 Å². The summed E-state index contributed by atoms with van der Waals surface area (Å²) in [5.74, 6) is -0.320. The molecule has 4 amide bonds. The zero-order valence-electron chi connectivity index (χ0n) is 17.8. The zero-order valence-corrected chi connectivity index (χ0v) is 19.3. The van der Waals surface area contributed by atoms with Gasteiger partial charge in [-0.2, -0.15) is 0 Å². The van der Waals surface area contributed by atoms with Crippen LogP contribution in [0.4, 0.5) is 9.18 Å². The molecular formula is C22H20ClFN6O3S. The Balaban J connectivity index is 1.47. The molecule has 2 heterocycles. The van der Waals surface area contributed by atoms with Crippen LogP contribution < -0.4 is 16.0 Å². The molecule has 0 spiro atoms. The van der Waals surface area contributed by atoms with E-state index in [-0.39, 0.29) is 42.8 Å². The van der Waals surface area contributed by atoms with Gasteiger partial charge < -0.3 is 10.6 Å². The van der Waals surface area contributed by atoms with Crippen molar-refractivity contribution in [3.05, 3.63) is 70.8 Å². The smallest absolute Gasteiger partial charge is 0.321 e. The van der Waals surface area contributed by atoms with Crippen LogP contribution in [-0.4, -0.2) is 44.4 Å². The van der Waals surface area contributed by atoms with Crippen LogP contribution in [0.3, 0.4) is 0 Å². The van der Waals surface area contributed by atoms with Crippen LogP contribution >= 0.6 is 23.4 Å². The van der Waals surface area contributed by atoms with E-state index in [0.717, 1.165) is 11.3 Å². The maximum Gasteiger partial charge on any atom is 0.321 e. The molecule has 0 saturated carbocycles. The third-order valence-electron chi connectivity index (χ3n) is 4.97. The average molecular weight is 503 g/mol. The van der Waals surface area contributed by atoms with E-state index in [1.54, 1.807) is 41.0 Å². The molecule has 1 aliphatic rings. The first-order valence-corrected chi connectivity index (χ1v) is 11.7. The Bertz CT molecular complexity index is 1190. The van der Waals surface area contributed by atoms with Gasteiger partial charge in [0, 0.05) is 36.1 Å². The molecule has 2 aromatic carbocycles.